The third-order valence-corrected chi connectivity index (χ3v) is 11.5. The Bertz CT molecular complexity index is 3490. The van der Waals surface area contributed by atoms with Crippen molar-refractivity contribution in [2.45, 2.75) is 0 Å². The molecule has 0 fully saturated rings. The Balaban J connectivity index is 1.04. The monoisotopic (exact) mass is 739 g/mol. The molecule has 8 aromatic carbocycles. The lowest BCUT2D eigenvalue weighted by atomic mass is 10.0. The molecule has 4 heterocycles. The number of hydrogen-bond acceptors (Lipinski definition) is 3. The van der Waals surface area contributed by atoms with Crippen LogP contribution in [0, 0.1) is 0 Å². The Morgan fingerprint density at radius 2 is 0.828 bits per heavy atom. The predicted octanol–water partition coefficient (Wildman–Crippen LogP) is 13.3. The van der Waals surface area contributed by atoms with E-state index in [0.717, 1.165) is 33.5 Å². The smallest absolute Gasteiger partial charge is 0.164 e. The maximum atomic E-state index is 4.96. The fourth-order valence-corrected chi connectivity index (χ4v) is 8.88. The number of benzene rings is 8. The van der Waals surface area contributed by atoms with Gasteiger partial charge in [0, 0.05) is 49.3 Å². The van der Waals surface area contributed by atoms with E-state index >= 15 is 0 Å². The van der Waals surface area contributed by atoms with Crippen molar-refractivity contribution in [3.63, 3.8) is 0 Å². The number of pyridine rings is 1. The van der Waals surface area contributed by atoms with Crippen LogP contribution in [-0.4, -0.2) is 23.9 Å². The van der Waals surface area contributed by atoms with Gasteiger partial charge < -0.3 is 8.97 Å². The summed E-state index contributed by atoms with van der Waals surface area (Å²) in [5.41, 5.74) is 12.2. The topological polar surface area (TPSA) is 48.0 Å². The van der Waals surface area contributed by atoms with Crippen molar-refractivity contribution in [2.75, 3.05) is 0 Å². The van der Waals surface area contributed by atoms with Gasteiger partial charge in [0.25, 0.3) is 0 Å². The molecule has 12 rings (SSSR count). The van der Waals surface area contributed by atoms with Gasteiger partial charge in [0.15, 0.2) is 17.5 Å². The van der Waals surface area contributed by atoms with Gasteiger partial charge in [-0.25, -0.2) is 15.0 Å². The highest BCUT2D eigenvalue weighted by molar-refractivity contribution is 6.28. The Labute approximate surface area is 333 Å². The highest BCUT2D eigenvalue weighted by Crippen LogP contribution is 2.42. The van der Waals surface area contributed by atoms with Crippen LogP contribution in [0.2, 0.25) is 0 Å². The van der Waals surface area contributed by atoms with Gasteiger partial charge in [-0.2, -0.15) is 0 Å². The molecule has 0 radical (unpaired) electrons. The minimum absolute atomic E-state index is 0.641. The van der Waals surface area contributed by atoms with Crippen molar-refractivity contribution in [3.8, 4) is 51.0 Å². The molecule has 12 aromatic rings. The lowest BCUT2D eigenvalue weighted by Crippen LogP contribution is -2.00. The molecule has 4 aromatic heterocycles. The van der Waals surface area contributed by atoms with Gasteiger partial charge in [-0.05, 0) is 52.9 Å². The molecule has 270 valence electrons. The number of fused-ring (bicyclic) bond motifs is 12. The van der Waals surface area contributed by atoms with Gasteiger partial charge in [0.05, 0.1) is 27.6 Å². The summed E-state index contributed by atoms with van der Waals surface area (Å²) in [6, 6.07) is 71.0. The van der Waals surface area contributed by atoms with Crippen LogP contribution in [0.1, 0.15) is 0 Å². The zero-order chi connectivity index (χ0) is 38.2. The second-order valence-corrected chi connectivity index (χ2v) is 14.8. The molecule has 0 aliphatic heterocycles. The summed E-state index contributed by atoms with van der Waals surface area (Å²) in [6.07, 6.45) is 0. The highest BCUT2D eigenvalue weighted by Gasteiger charge is 2.20. The average molecular weight is 740 g/mol. The summed E-state index contributed by atoms with van der Waals surface area (Å²) in [7, 11) is 0. The maximum absolute atomic E-state index is 4.96. The molecule has 0 amide bonds. The van der Waals surface area contributed by atoms with Gasteiger partial charge in [0.1, 0.15) is 0 Å². The summed E-state index contributed by atoms with van der Waals surface area (Å²) in [5.74, 6) is 1.94. The number of hydrogen-bond donors (Lipinski definition) is 0. The molecule has 0 aliphatic carbocycles. The lowest BCUT2D eigenvalue weighted by Gasteiger charge is -2.15. The maximum Gasteiger partial charge on any atom is 0.164 e. The zero-order valence-corrected chi connectivity index (χ0v) is 31.3. The van der Waals surface area contributed by atoms with Crippen molar-refractivity contribution >= 4 is 59.9 Å². The Morgan fingerprint density at radius 1 is 0.310 bits per heavy atom. The van der Waals surface area contributed by atoms with Gasteiger partial charge in [0.2, 0.25) is 0 Å². The first-order valence-electron chi connectivity index (χ1n) is 19.6. The molecular formula is C53H33N5. The van der Waals surface area contributed by atoms with Crippen molar-refractivity contribution in [2.24, 2.45) is 0 Å². The van der Waals surface area contributed by atoms with Crippen LogP contribution in [-0.2, 0) is 0 Å². The van der Waals surface area contributed by atoms with Crippen LogP contribution in [0.5, 0.6) is 0 Å². The molecule has 0 atom stereocenters. The third kappa shape index (κ3) is 5.00. The average Bonchev–Trinajstić information content (AvgIpc) is 3.86. The van der Waals surface area contributed by atoms with Crippen LogP contribution in [0.25, 0.3) is 111 Å². The molecular weight excluding hydrogens is 707 g/mol. The van der Waals surface area contributed by atoms with E-state index in [9.17, 15) is 0 Å². The van der Waals surface area contributed by atoms with E-state index in [2.05, 4.69) is 148 Å². The van der Waals surface area contributed by atoms with E-state index in [1.165, 1.54) is 59.9 Å². The van der Waals surface area contributed by atoms with Crippen molar-refractivity contribution < 1.29 is 0 Å². The number of para-hydroxylation sites is 3. The van der Waals surface area contributed by atoms with Crippen LogP contribution < -0.4 is 0 Å². The Kier molecular flexibility index (Phi) is 7.16. The lowest BCUT2D eigenvalue weighted by molar-refractivity contribution is 1.07. The van der Waals surface area contributed by atoms with E-state index < -0.39 is 0 Å². The molecule has 0 bridgehead atoms. The Morgan fingerprint density at radius 3 is 1.52 bits per heavy atom. The Hall–Kier alpha value is -7.89. The van der Waals surface area contributed by atoms with Crippen LogP contribution in [0.3, 0.4) is 0 Å². The molecule has 5 nitrogen and oxygen atoms in total. The largest absolute Gasteiger partial charge is 0.309 e. The van der Waals surface area contributed by atoms with Crippen LogP contribution >= 0.6 is 0 Å². The number of nitrogens with zero attached hydrogens (tertiary/aromatic N) is 5. The fraction of sp³-hybridized carbons (Fsp3) is 0. The van der Waals surface area contributed by atoms with Crippen molar-refractivity contribution in [1.82, 2.24) is 23.9 Å². The number of rotatable bonds is 5. The normalized spacial score (nSPS) is 11.8. The summed E-state index contributed by atoms with van der Waals surface area (Å²) in [6.45, 7) is 0. The first kappa shape index (κ1) is 32.4. The molecule has 0 spiro atoms. The van der Waals surface area contributed by atoms with Crippen LogP contribution in [0.4, 0.5) is 0 Å². The van der Waals surface area contributed by atoms with E-state index in [0.29, 0.717) is 17.5 Å². The highest BCUT2D eigenvalue weighted by atomic mass is 15.0. The minimum atomic E-state index is 0.641. The zero-order valence-electron chi connectivity index (χ0n) is 31.3. The molecule has 0 saturated carbocycles. The van der Waals surface area contributed by atoms with E-state index in [-0.39, 0.29) is 0 Å². The van der Waals surface area contributed by atoms with Gasteiger partial charge >= 0.3 is 0 Å². The standard InChI is InChI=1S/C53H33N5/c1-3-14-35(15-4-1)51-54-52(36-16-5-2-6-17-36)56-53(55-51)37-28-26-34(27-29-37)38-19-13-20-40(32-38)57-46-24-11-9-22-42(46)44-31-30-43-41-21-8-12-25-47(41)58-45-23-10-7-18-39(45)33-48(58)49(43)50(44)57/h1-33H. The molecule has 0 aliphatic rings. The molecule has 0 saturated heterocycles. The van der Waals surface area contributed by atoms with Crippen molar-refractivity contribution in [1.29, 1.82) is 0 Å². The number of aromatic nitrogens is 5. The summed E-state index contributed by atoms with van der Waals surface area (Å²) < 4.78 is 4.92. The SMILES string of the molecule is c1ccc(-c2nc(-c3ccccc3)nc(-c3ccc(-c4cccc(-n5c6ccccc6c6ccc7c8ccccc8n8c9ccccc9cc8c7c65)c4)cc3)n2)cc1. The third-order valence-electron chi connectivity index (χ3n) is 11.5. The van der Waals surface area contributed by atoms with Gasteiger partial charge in [-0.15, -0.1) is 0 Å². The molecule has 0 unspecified atom stereocenters. The van der Waals surface area contributed by atoms with E-state index in [1.54, 1.807) is 0 Å². The predicted molar refractivity (Wildman–Crippen MR) is 239 cm³/mol. The fourth-order valence-electron chi connectivity index (χ4n) is 8.88. The van der Waals surface area contributed by atoms with Gasteiger partial charge in [-0.1, -0.05) is 164 Å². The van der Waals surface area contributed by atoms with E-state index in [1.807, 2.05) is 60.7 Å². The van der Waals surface area contributed by atoms with Crippen LogP contribution in [0.15, 0.2) is 200 Å². The summed E-state index contributed by atoms with van der Waals surface area (Å²) in [5, 5.41) is 7.44. The summed E-state index contributed by atoms with van der Waals surface area (Å²) >= 11 is 0. The molecule has 58 heavy (non-hydrogen) atoms. The second kappa shape index (κ2) is 12.8. The van der Waals surface area contributed by atoms with E-state index in [4.69, 9.17) is 15.0 Å². The second-order valence-electron chi connectivity index (χ2n) is 14.8. The molecule has 0 N–H and O–H groups in total. The summed E-state index contributed by atoms with van der Waals surface area (Å²) in [4.78, 5) is 14.8. The quantitative estimate of drug-likeness (QED) is 0.165. The first-order chi connectivity index (χ1) is 28.8. The van der Waals surface area contributed by atoms with Crippen molar-refractivity contribution in [3.05, 3.63) is 200 Å². The molecule has 5 heteroatoms. The van der Waals surface area contributed by atoms with Gasteiger partial charge in [-0.3, -0.25) is 0 Å². The first-order valence-corrected chi connectivity index (χ1v) is 19.6. The minimum Gasteiger partial charge on any atom is -0.309 e.